The number of piperidine rings is 1. The molecule has 2 N–H and O–H groups in total. The number of nitrogens with zero attached hydrogens (tertiary/aromatic N) is 1. The maximum atomic E-state index is 11.4. The molecular formula is C10H19N3O. The Kier molecular flexibility index (Phi) is 3.03. The van der Waals surface area contributed by atoms with Crippen LogP contribution < -0.4 is 10.6 Å². The molecule has 2 aliphatic heterocycles. The average Bonchev–Trinajstić information content (AvgIpc) is 2.18. The van der Waals surface area contributed by atoms with E-state index in [9.17, 15) is 4.79 Å². The third-order valence-electron chi connectivity index (χ3n) is 3.05. The highest BCUT2D eigenvalue weighted by Crippen LogP contribution is 2.12. The van der Waals surface area contributed by atoms with Gasteiger partial charge in [0.1, 0.15) is 0 Å². The highest BCUT2D eigenvalue weighted by Gasteiger charge is 2.28. The van der Waals surface area contributed by atoms with Crippen molar-refractivity contribution in [3.63, 3.8) is 0 Å². The fourth-order valence-corrected chi connectivity index (χ4v) is 2.39. The van der Waals surface area contributed by atoms with E-state index in [4.69, 9.17) is 0 Å². The van der Waals surface area contributed by atoms with Crippen molar-refractivity contribution in [2.45, 2.75) is 31.8 Å². The van der Waals surface area contributed by atoms with E-state index in [1.807, 2.05) is 0 Å². The predicted molar refractivity (Wildman–Crippen MR) is 55.1 cm³/mol. The third-order valence-corrected chi connectivity index (χ3v) is 3.05. The van der Waals surface area contributed by atoms with Gasteiger partial charge in [-0.3, -0.25) is 9.69 Å². The molecule has 2 fully saturated rings. The average molecular weight is 197 g/mol. The molecule has 80 valence electrons. The fraction of sp³-hybridized carbons (Fsp3) is 0.900. The molecule has 4 nitrogen and oxygen atoms in total. The minimum atomic E-state index is 0.175. The van der Waals surface area contributed by atoms with Crippen molar-refractivity contribution in [3.05, 3.63) is 0 Å². The molecular weight excluding hydrogens is 178 g/mol. The van der Waals surface area contributed by atoms with Crippen LogP contribution in [0.1, 0.15) is 19.8 Å². The fourth-order valence-electron chi connectivity index (χ4n) is 2.39. The number of nitrogens with one attached hydrogen (secondary N) is 2. The van der Waals surface area contributed by atoms with Gasteiger partial charge >= 0.3 is 0 Å². The number of hydrogen-bond donors (Lipinski definition) is 2. The maximum absolute atomic E-state index is 11.4. The molecule has 2 rings (SSSR count). The van der Waals surface area contributed by atoms with Gasteiger partial charge in [-0.1, -0.05) is 0 Å². The summed E-state index contributed by atoms with van der Waals surface area (Å²) >= 11 is 0. The summed E-state index contributed by atoms with van der Waals surface area (Å²) in [7, 11) is 0. The molecule has 0 radical (unpaired) electrons. The van der Waals surface area contributed by atoms with Gasteiger partial charge in [0.05, 0.1) is 6.54 Å². The third kappa shape index (κ3) is 2.25. The predicted octanol–water partition coefficient (Wildman–Crippen LogP) is -0.441. The van der Waals surface area contributed by atoms with Crippen LogP contribution in [0.25, 0.3) is 0 Å². The van der Waals surface area contributed by atoms with Crippen LogP contribution in [0.3, 0.4) is 0 Å². The topological polar surface area (TPSA) is 44.4 Å². The van der Waals surface area contributed by atoms with E-state index in [0.29, 0.717) is 18.6 Å². The van der Waals surface area contributed by atoms with Crippen LogP contribution in [0, 0.1) is 0 Å². The summed E-state index contributed by atoms with van der Waals surface area (Å²) in [5.74, 6) is 0.175. The van der Waals surface area contributed by atoms with Crippen molar-refractivity contribution in [2.75, 3.05) is 26.2 Å². The first kappa shape index (κ1) is 9.93. The van der Waals surface area contributed by atoms with Crippen LogP contribution in [0.15, 0.2) is 0 Å². The highest BCUT2D eigenvalue weighted by molar-refractivity contribution is 5.79. The van der Waals surface area contributed by atoms with E-state index >= 15 is 0 Å². The lowest BCUT2D eigenvalue weighted by molar-refractivity contribution is -0.126. The Hall–Kier alpha value is -0.610. The van der Waals surface area contributed by atoms with Crippen molar-refractivity contribution in [1.82, 2.24) is 15.5 Å². The molecule has 2 aliphatic rings. The van der Waals surface area contributed by atoms with Gasteiger partial charge in [-0.25, -0.2) is 0 Å². The van der Waals surface area contributed by atoms with Gasteiger partial charge in [0.25, 0.3) is 0 Å². The lowest BCUT2D eigenvalue weighted by Gasteiger charge is -2.39. The molecule has 4 heteroatoms. The molecule has 0 bridgehead atoms. The molecule has 0 saturated carbocycles. The van der Waals surface area contributed by atoms with E-state index in [1.54, 1.807) is 0 Å². The van der Waals surface area contributed by atoms with Gasteiger partial charge in [0, 0.05) is 25.2 Å². The monoisotopic (exact) mass is 197 g/mol. The van der Waals surface area contributed by atoms with E-state index < -0.39 is 0 Å². The Morgan fingerprint density at radius 2 is 2.36 bits per heavy atom. The molecule has 2 atom stereocenters. The van der Waals surface area contributed by atoms with E-state index in [2.05, 4.69) is 22.5 Å². The molecule has 0 aromatic carbocycles. The zero-order valence-electron chi connectivity index (χ0n) is 8.75. The first-order chi connectivity index (χ1) is 6.75. The summed E-state index contributed by atoms with van der Waals surface area (Å²) in [6.45, 7) is 5.82. The Bertz CT molecular complexity index is 213. The van der Waals surface area contributed by atoms with Crippen molar-refractivity contribution in [2.24, 2.45) is 0 Å². The van der Waals surface area contributed by atoms with Gasteiger partial charge < -0.3 is 10.6 Å². The summed E-state index contributed by atoms with van der Waals surface area (Å²) in [5, 5.41) is 6.34. The molecule has 2 saturated heterocycles. The highest BCUT2D eigenvalue weighted by atomic mass is 16.2. The Balaban J connectivity index is 1.91. The normalized spacial score (nSPS) is 35.4. The molecule has 14 heavy (non-hydrogen) atoms. The van der Waals surface area contributed by atoms with E-state index in [1.165, 1.54) is 12.8 Å². The van der Waals surface area contributed by atoms with Crippen LogP contribution in [0.2, 0.25) is 0 Å². The van der Waals surface area contributed by atoms with Gasteiger partial charge in [-0.05, 0) is 26.3 Å². The lowest BCUT2D eigenvalue weighted by atomic mass is 10.0. The first-order valence-electron chi connectivity index (χ1n) is 5.50. The molecule has 0 aliphatic carbocycles. The van der Waals surface area contributed by atoms with Crippen molar-refractivity contribution < 1.29 is 4.79 Å². The van der Waals surface area contributed by atoms with Gasteiger partial charge in [-0.15, -0.1) is 0 Å². The van der Waals surface area contributed by atoms with Gasteiger partial charge in [0.2, 0.25) is 5.91 Å². The zero-order chi connectivity index (χ0) is 9.97. The smallest absolute Gasteiger partial charge is 0.234 e. The number of carbonyl (C=O) groups is 1. The number of rotatable bonds is 1. The molecule has 2 heterocycles. The summed E-state index contributed by atoms with van der Waals surface area (Å²) in [5.41, 5.74) is 0. The van der Waals surface area contributed by atoms with Gasteiger partial charge in [-0.2, -0.15) is 0 Å². The molecule has 1 amide bonds. The SMILES string of the molecule is CC1CN(C2CCCNC2)CC(=O)N1. The first-order valence-corrected chi connectivity index (χ1v) is 5.50. The van der Waals surface area contributed by atoms with Crippen LogP contribution in [0.4, 0.5) is 0 Å². The molecule has 0 spiro atoms. The van der Waals surface area contributed by atoms with Crippen LogP contribution >= 0.6 is 0 Å². The Morgan fingerprint density at radius 3 is 3.00 bits per heavy atom. The largest absolute Gasteiger partial charge is 0.351 e. The summed E-state index contributed by atoms with van der Waals surface area (Å²) < 4.78 is 0. The number of amides is 1. The molecule has 0 aromatic rings. The summed E-state index contributed by atoms with van der Waals surface area (Å²) in [6, 6.07) is 0.871. The Labute approximate surface area is 85.0 Å². The maximum Gasteiger partial charge on any atom is 0.234 e. The zero-order valence-corrected chi connectivity index (χ0v) is 8.75. The minimum absolute atomic E-state index is 0.175. The second-order valence-corrected chi connectivity index (χ2v) is 4.40. The second kappa shape index (κ2) is 4.28. The number of hydrogen-bond acceptors (Lipinski definition) is 3. The second-order valence-electron chi connectivity index (χ2n) is 4.40. The van der Waals surface area contributed by atoms with E-state index in [0.717, 1.165) is 19.6 Å². The van der Waals surface area contributed by atoms with Crippen molar-refractivity contribution in [3.8, 4) is 0 Å². The molecule has 0 aromatic heterocycles. The number of piperazine rings is 1. The van der Waals surface area contributed by atoms with Crippen molar-refractivity contribution in [1.29, 1.82) is 0 Å². The Morgan fingerprint density at radius 1 is 1.50 bits per heavy atom. The van der Waals surface area contributed by atoms with Crippen LogP contribution in [0.5, 0.6) is 0 Å². The lowest BCUT2D eigenvalue weighted by Crippen LogP contribution is -2.58. The van der Waals surface area contributed by atoms with Crippen LogP contribution in [-0.2, 0) is 4.79 Å². The minimum Gasteiger partial charge on any atom is -0.351 e. The quantitative estimate of drug-likeness (QED) is 0.599. The van der Waals surface area contributed by atoms with E-state index in [-0.39, 0.29) is 5.91 Å². The number of carbonyl (C=O) groups excluding carboxylic acids is 1. The summed E-state index contributed by atoms with van der Waals surface area (Å²) in [4.78, 5) is 13.7. The van der Waals surface area contributed by atoms with Crippen molar-refractivity contribution >= 4 is 5.91 Å². The van der Waals surface area contributed by atoms with Crippen LogP contribution in [-0.4, -0.2) is 49.1 Å². The van der Waals surface area contributed by atoms with Gasteiger partial charge in [0.15, 0.2) is 0 Å². The standard InChI is InChI=1S/C10H19N3O/c1-8-6-13(7-10(14)12-8)9-3-2-4-11-5-9/h8-9,11H,2-7H2,1H3,(H,12,14). The molecule has 2 unspecified atom stereocenters. The summed E-state index contributed by atoms with van der Waals surface area (Å²) in [6.07, 6.45) is 2.46.